The molecule has 0 unspecified atom stereocenters. The van der Waals surface area contributed by atoms with E-state index in [4.69, 9.17) is 10.5 Å². The maximum absolute atomic E-state index is 11.7. The van der Waals surface area contributed by atoms with E-state index in [-0.39, 0.29) is 11.5 Å². The van der Waals surface area contributed by atoms with Crippen LogP contribution in [0.1, 0.15) is 10.5 Å². The Morgan fingerprint density at radius 2 is 1.86 bits per heavy atom. The highest BCUT2D eigenvalue weighted by molar-refractivity contribution is 9.10. The second-order valence-corrected chi connectivity index (χ2v) is 4.84. The molecule has 0 radical (unpaired) electrons. The lowest BCUT2D eigenvalue weighted by atomic mass is 10.3. The Balaban J connectivity index is 1.88. The van der Waals surface area contributed by atoms with Gasteiger partial charge in [-0.15, -0.1) is 0 Å². The molecule has 0 aliphatic rings. The summed E-state index contributed by atoms with van der Waals surface area (Å²) in [5, 5.41) is 2.59. The van der Waals surface area contributed by atoms with E-state index >= 15 is 0 Å². The van der Waals surface area contributed by atoms with Crippen LogP contribution in [0.5, 0.6) is 0 Å². The Kier molecular flexibility index (Phi) is 4.83. The summed E-state index contributed by atoms with van der Waals surface area (Å²) in [7, 11) is 0. The lowest BCUT2D eigenvalue weighted by Crippen LogP contribution is -2.22. The third kappa shape index (κ3) is 4.25. The average Bonchev–Trinajstić information content (AvgIpc) is 2.48. The monoisotopic (exact) mass is 350 g/mol. The number of benzene rings is 1. The van der Waals surface area contributed by atoms with Gasteiger partial charge < -0.3 is 15.8 Å². The summed E-state index contributed by atoms with van der Waals surface area (Å²) in [6.45, 7) is -0.440. The fourth-order valence-electron chi connectivity index (χ4n) is 1.44. The molecule has 0 saturated carbocycles. The Bertz CT molecular complexity index is 661. The zero-order chi connectivity index (χ0) is 15.2. The molecule has 1 aromatic carbocycles. The van der Waals surface area contributed by atoms with Gasteiger partial charge in [0.25, 0.3) is 5.91 Å². The molecule has 7 nitrogen and oxygen atoms in total. The van der Waals surface area contributed by atoms with Crippen molar-refractivity contribution in [1.29, 1.82) is 0 Å². The molecule has 1 amide bonds. The third-order valence-electron chi connectivity index (χ3n) is 2.38. The zero-order valence-corrected chi connectivity index (χ0v) is 12.3. The third-order valence-corrected chi connectivity index (χ3v) is 2.91. The van der Waals surface area contributed by atoms with Gasteiger partial charge in [-0.2, -0.15) is 0 Å². The first-order valence-corrected chi connectivity index (χ1v) is 6.64. The Labute approximate surface area is 128 Å². The zero-order valence-electron chi connectivity index (χ0n) is 10.7. The molecule has 0 bridgehead atoms. The van der Waals surface area contributed by atoms with Crippen molar-refractivity contribution in [2.24, 2.45) is 0 Å². The fourth-order valence-corrected chi connectivity index (χ4v) is 1.70. The molecule has 21 heavy (non-hydrogen) atoms. The number of nitrogens with one attached hydrogen (secondary N) is 1. The van der Waals surface area contributed by atoms with Gasteiger partial charge in [-0.05, 0) is 24.3 Å². The number of nitrogen functional groups attached to an aromatic ring is 1. The van der Waals surface area contributed by atoms with Crippen LogP contribution in [0.2, 0.25) is 0 Å². The van der Waals surface area contributed by atoms with Gasteiger partial charge in [0.05, 0.1) is 0 Å². The highest BCUT2D eigenvalue weighted by Gasteiger charge is 2.15. The summed E-state index contributed by atoms with van der Waals surface area (Å²) in [5.74, 6) is -1.31. The predicted molar refractivity (Wildman–Crippen MR) is 79.5 cm³/mol. The summed E-state index contributed by atoms with van der Waals surface area (Å²) in [6.07, 6.45) is 2.67. The maximum Gasteiger partial charge on any atom is 0.361 e. The molecule has 0 aliphatic heterocycles. The average molecular weight is 351 g/mol. The first kappa shape index (κ1) is 14.9. The van der Waals surface area contributed by atoms with Crippen LogP contribution in [-0.2, 0) is 9.53 Å². The SMILES string of the molecule is Nc1nccnc1C(=O)OCC(=O)Nc1ccc(Br)cc1. The standard InChI is InChI=1S/C13H11BrN4O3/c14-8-1-3-9(4-2-8)18-10(19)7-21-13(20)11-12(15)17-6-5-16-11/h1-6H,7H2,(H2,15,17)(H,18,19). The van der Waals surface area contributed by atoms with Crippen molar-refractivity contribution < 1.29 is 14.3 Å². The van der Waals surface area contributed by atoms with Crippen LogP contribution in [0.25, 0.3) is 0 Å². The van der Waals surface area contributed by atoms with E-state index in [0.717, 1.165) is 4.47 Å². The van der Waals surface area contributed by atoms with Gasteiger partial charge in [-0.3, -0.25) is 4.79 Å². The Morgan fingerprint density at radius 1 is 1.19 bits per heavy atom. The molecule has 2 rings (SSSR count). The van der Waals surface area contributed by atoms with E-state index < -0.39 is 18.5 Å². The number of aromatic nitrogens is 2. The maximum atomic E-state index is 11.7. The molecule has 108 valence electrons. The van der Waals surface area contributed by atoms with Crippen LogP contribution in [0.15, 0.2) is 41.1 Å². The molecule has 1 aromatic heterocycles. The number of nitrogens with two attached hydrogens (primary N) is 1. The molecule has 8 heteroatoms. The van der Waals surface area contributed by atoms with Crippen molar-refractivity contribution in [3.8, 4) is 0 Å². The minimum atomic E-state index is -0.799. The minimum absolute atomic E-state index is 0.0455. The van der Waals surface area contributed by atoms with Gasteiger partial charge in [0.2, 0.25) is 0 Å². The van der Waals surface area contributed by atoms with E-state index in [2.05, 4.69) is 31.2 Å². The second-order valence-electron chi connectivity index (χ2n) is 3.92. The normalized spacial score (nSPS) is 9.95. The minimum Gasteiger partial charge on any atom is -0.451 e. The van der Waals surface area contributed by atoms with Crippen LogP contribution in [0.3, 0.4) is 0 Å². The van der Waals surface area contributed by atoms with Crippen molar-refractivity contribution in [3.05, 3.63) is 46.8 Å². The lowest BCUT2D eigenvalue weighted by Gasteiger charge is -2.07. The smallest absolute Gasteiger partial charge is 0.361 e. The number of amides is 1. The van der Waals surface area contributed by atoms with Crippen LogP contribution < -0.4 is 11.1 Å². The molecular weight excluding hydrogens is 340 g/mol. The molecule has 3 N–H and O–H groups in total. The van der Waals surface area contributed by atoms with Crippen molar-refractivity contribution in [1.82, 2.24) is 9.97 Å². The number of carbonyl (C=O) groups is 2. The summed E-state index contributed by atoms with van der Waals surface area (Å²) in [4.78, 5) is 30.8. The van der Waals surface area contributed by atoms with E-state index in [1.165, 1.54) is 12.4 Å². The predicted octanol–water partition coefficient (Wildman–Crippen LogP) is 1.62. The number of hydrogen-bond donors (Lipinski definition) is 2. The molecule has 0 saturated heterocycles. The molecule has 0 spiro atoms. The number of rotatable bonds is 4. The van der Waals surface area contributed by atoms with Gasteiger partial charge in [-0.1, -0.05) is 15.9 Å². The van der Waals surface area contributed by atoms with Gasteiger partial charge in [0.1, 0.15) is 0 Å². The first-order chi connectivity index (χ1) is 10.1. The topological polar surface area (TPSA) is 107 Å². The summed E-state index contributed by atoms with van der Waals surface area (Å²) in [6, 6.07) is 6.98. The number of carbonyl (C=O) groups excluding carboxylic acids is 2. The molecule has 0 fully saturated rings. The van der Waals surface area contributed by atoms with Crippen LogP contribution >= 0.6 is 15.9 Å². The lowest BCUT2D eigenvalue weighted by molar-refractivity contribution is -0.119. The van der Waals surface area contributed by atoms with E-state index in [1.807, 2.05) is 0 Å². The van der Waals surface area contributed by atoms with E-state index in [9.17, 15) is 9.59 Å². The largest absolute Gasteiger partial charge is 0.451 e. The number of nitrogens with zero attached hydrogens (tertiary/aromatic N) is 2. The number of ether oxygens (including phenoxy) is 1. The van der Waals surface area contributed by atoms with Crippen molar-refractivity contribution in [2.45, 2.75) is 0 Å². The molecule has 0 aliphatic carbocycles. The van der Waals surface area contributed by atoms with Crippen LogP contribution in [0, 0.1) is 0 Å². The fraction of sp³-hybridized carbons (Fsp3) is 0.0769. The van der Waals surface area contributed by atoms with Crippen molar-refractivity contribution >= 4 is 39.3 Å². The quantitative estimate of drug-likeness (QED) is 0.811. The van der Waals surface area contributed by atoms with Gasteiger partial charge in [0, 0.05) is 22.6 Å². The van der Waals surface area contributed by atoms with Crippen molar-refractivity contribution in [3.63, 3.8) is 0 Å². The summed E-state index contributed by atoms with van der Waals surface area (Å²) in [5.41, 5.74) is 5.97. The Morgan fingerprint density at radius 3 is 2.52 bits per heavy atom. The number of hydrogen-bond acceptors (Lipinski definition) is 6. The molecule has 0 atom stereocenters. The first-order valence-electron chi connectivity index (χ1n) is 5.85. The summed E-state index contributed by atoms with van der Waals surface area (Å²) >= 11 is 3.29. The highest BCUT2D eigenvalue weighted by atomic mass is 79.9. The number of esters is 1. The van der Waals surface area contributed by atoms with E-state index in [0.29, 0.717) is 5.69 Å². The summed E-state index contributed by atoms with van der Waals surface area (Å²) < 4.78 is 5.72. The van der Waals surface area contributed by atoms with Crippen molar-refractivity contribution in [2.75, 3.05) is 17.7 Å². The van der Waals surface area contributed by atoms with E-state index in [1.54, 1.807) is 24.3 Å². The highest BCUT2D eigenvalue weighted by Crippen LogP contribution is 2.14. The van der Waals surface area contributed by atoms with Gasteiger partial charge >= 0.3 is 5.97 Å². The van der Waals surface area contributed by atoms with Gasteiger partial charge in [-0.25, -0.2) is 14.8 Å². The number of anilines is 2. The molecule has 1 heterocycles. The molecular formula is C13H11BrN4O3. The van der Waals surface area contributed by atoms with Crippen LogP contribution in [0.4, 0.5) is 11.5 Å². The molecule has 2 aromatic rings. The number of halogens is 1. The second kappa shape index (κ2) is 6.80. The van der Waals surface area contributed by atoms with Gasteiger partial charge in [0.15, 0.2) is 18.1 Å². The van der Waals surface area contributed by atoms with Crippen LogP contribution in [-0.4, -0.2) is 28.5 Å². The Hall–Kier alpha value is -2.48.